The number of carbonyl (C=O) groups is 1. The van der Waals surface area contributed by atoms with Crippen molar-refractivity contribution in [2.75, 3.05) is 6.54 Å². The summed E-state index contributed by atoms with van der Waals surface area (Å²) < 4.78 is 0. The second-order valence-corrected chi connectivity index (χ2v) is 3.84. The predicted octanol–water partition coefficient (Wildman–Crippen LogP) is 1.72. The van der Waals surface area contributed by atoms with Gasteiger partial charge in [0.1, 0.15) is 0 Å². The molecule has 0 aromatic carbocycles. The number of hydrogen-bond acceptors (Lipinski definition) is 1. The van der Waals surface area contributed by atoms with E-state index < -0.39 is 0 Å². The Morgan fingerprint density at radius 3 is 3.17 bits per heavy atom. The van der Waals surface area contributed by atoms with Gasteiger partial charge in [-0.25, -0.2) is 0 Å². The van der Waals surface area contributed by atoms with Crippen LogP contribution in [0.1, 0.15) is 32.6 Å². The molecule has 0 spiro atoms. The van der Waals surface area contributed by atoms with E-state index >= 15 is 0 Å². The van der Waals surface area contributed by atoms with Crippen molar-refractivity contribution in [3.8, 4) is 0 Å². The standard InChI is InChI=1S/C10H15NO/c1-8-6-9-4-2-3-5-11(9)10(12)7-8/h6,9H,2-5,7H2,1H3/t9-/m1/s1. The summed E-state index contributed by atoms with van der Waals surface area (Å²) in [5, 5.41) is 0. The summed E-state index contributed by atoms with van der Waals surface area (Å²) in [7, 11) is 0. The van der Waals surface area contributed by atoms with Gasteiger partial charge in [-0.15, -0.1) is 0 Å². The van der Waals surface area contributed by atoms with Crippen molar-refractivity contribution in [2.24, 2.45) is 0 Å². The normalized spacial score (nSPS) is 29.8. The highest BCUT2D eigenvalue weighted by molar-refractivity contribution is 5.80. The first-order valence-electron chi connectivity index (χ1n) is 4.74. The second kappa shape index (κ2) is 2.92. The first-order chi connectivity index (χ1) is 5.77. The lowest BCUT2D eigenvalue weighted by Gasteiger charge is -2.37. The lowest BCUT2D eigenvalue weighted by atomic mass is 9.95. The lowest BCUT2D eigenvalue weighted by molar-refractivity contribution is -0.133. The Labute approximate surface area is 73.2 Å². The van der Waals surface area contributed by atoms with Crippen molar-refractivity contribution in [3.63, 3.8) is 0 Å². The molecule has 2 rings (SSSR count). The number of rotatable bonds is 0. The lowest BCUT2D eigenvalue weighted by Crippen LogP contribution is -2.45. The highest BCUT2D eigenvalue weighted by Gasteiger charge is 2.28. The van der Waals surface area contributed by atoms with Gasteiger partial charge in [0.15, 0.2) is 0 Å². The summed E-state index contributed by atoms with van der Waals surface area (Å²) in [6.07, 6.45) is 6.55. The third-order valence-corrected chi connectivity index (χ3v) is 2.78. The van der Waals surface area contributed by atoms with Crippen molar-refractivity contribution >= 4 is 5.91 Å². The second-order valence-electron chi connectivity index (χ2n) is 3.84. The van der Waals surface area contributed by atoms with Crippen molar-refractivity contribution < 1.29 is 4.79 Å². The smallest absolute Gasteiger partial charge is 0.227 e. The van der Waals surface area contributed by atoms with Crippen LogP contribution in [0.3, 0.4) is 0 Å². The Bertz CT molecular complexity index is 232. The van der Waals surface area contributed by atoms with E-state index in [0.717, 1.165) is 6.54 Å². The van der Waals surface area contributed by atoms with Crippen LogP contribution in [0.2, 0.25) is 0 Å². The highest BCUT2D eigenvalue weighted by atomic mass is 16.2. The van der Waals surface area contributed by atoms with Crippen LogP contribution in [0.5, 0.6) is 0 Å². The number of carbonyl (C=O) groups excluding carboxylic acids is 1. The summed E-state index contributed by atoms with van der Waals surface area (Å²) in [5.74, 6) is 0.333. The summed E-state index contributed by atoms with van der Waals surface area (Å²) in [6, 6.07) is 0.431. The molecule has 1 saturated heterocycles. The molecule has 0 aliphatic carbocycles. The molecule has 0 unspecified atom stereocenters. The number of piperidine rings is 1. The topological polar surface area (TPSA) is 20.3 Å². The molecule has 0 radical (unpaired) electrons. The van der Waals surface area contributed by atoms with Crippen LogP contribution in [0.15, 0.2) is 11.6 Å². The fourth-order valence-corrected chi connectivity index (χ4v) is 2.17. The Morgan fingerprint density at radius 2 is 2.33 bits per heavy atom. The van der Waals surface area contributed by atoms with E-state index in [0.29, 0.717) is 18.4 Å². The van der Waals surface area contributed by atoms with Gasteiger partial charge in [-0.1, -0.05) is 11.6 Å². The van der Waals surface area contributed by atoms with Crippen molar-refractivity contribution in [3.05, 3.63) is 11.6 Å². The van der Waals surface area contributed by atoms with Crippen LogP contribution in [0.25, 0.3) is 0 Å². The molecule has 2 nitrogen and oxygen atoms in total. The first kappa shape index (κ1) is 7.84. The minimum Gasteiger partial charge on any atom is -0.336 e. The number of fused-ring (bicyclic) bond motifs is 1. The van der Waals surface area contributed by atoms with Crippen LogP contribution in [0.4, 0.5) is 0 Å². The molecule has 2 aliphatic heterocycles. The van der Waals surface area contributed by atoms with Crippen LogP contribution in [0, 0.1) is 0 Å². The van der Waals surface area contributed by atoms with E-state index in [1.807, 2.05) is 4.90 Å². The molecule has 2 aliphatic rings. The molecule has 2 heteroatoms. The summed E-state index contributed by atoms with van der Waals surface area (Å²) >= 11 is 0. The van der Waals surface area contributed by atoms with E-state index in [2.05, 4.69) is 13.0 Å². The summed E-state index contributed by atoms with van der Waals surface area (Å²) in [5.41, 5.74) is 1.25. The van der Waals surface area contributed by atoms with Gasteiger partial charge >= 0.3 is 0 Å². The fraction of sp³-hybridized carbons (Fsp3) is 0.700. The zero-order valence-corrected chi connectivity index (χ0v) is 7.55. The Hall–Kier alpha value is -0.790. The van der Waals surface area contributed by atoms with Gasteiger partial charge in [-0.05, 0) is 26.2 Å². The van der Waals surface area contributed by atoms with E-state index in [9.17, 15) is 4.79 Å². The average Bonchev–Trinajstić information content (AvgIpc) is 2.04. The summed E-state index contributed by atoms with van der Waals surface area (Å²) in [4.78, 5) is 13.6. The first-order valence-corrected chi connectivity index (χ1v) is 4.74. The molecule has 12 heavy (non-hydrogen) atoms. The van der Waals surface area contributed by atoms with E-state index in [4.69, 9.17) is 0 Å². The highest BCUT2D eigenvalue weighted by Crippen LogP contribution is 2.25. The number of hydrogen-bond donors (Lipinski definition) is 0. The average molecular weight is 165 g/mol. The van der Waals surface area contributed by atoms with Crippen molar-refractivity contribution in [1.29, 1.82) is 0 Å². The molecule has 0 N–H and O–H groups in total. The molecule has 0 saturated carbocycles. The minimum absolute atomic E-state index is 0.333. The third-order valence-electron chi connectivity index (χ3n) is 2.78. The number of amides is 1. The zero-order chi connectivity index (χ0) is 8.55. The molecule has 2 heterocycles. The largest absolute Gasteiger partial charge is 0.336 e. The number of nitrogens with zero attached hydrogens (tertiary/aromatic N) is 1. The van der Waals surface area contributed by atoms with Gasteiger partial charge in [-0.2, -0.15) is 0 Å². The van der Waals surface area contributed by atoms with Crippen molar-refractivity contribution in [1.82, 2.24) is 4.90 Å². The van der Waals surface area contributed by atoms with Crippen molar-refractivity contribution in [2.45, 2.75) is 38.6 Å². The van der Waals surface area contributed by atoms with Gasteiger partial charge in [0.25, 0.3) is 0 Å². The Morgan fingerprint density at radius 1 is 1.50 bits per heavy atom. The molecular weight excluding hydrogens is 150 g/mol. The minimum atomic E-state index is 0.333. The van der Waals surface area contributed by atoms with E-state index in [-0.39, 0.29) is 0 Å². The predicted molar refractivity (Wildman–Crippen MR) is 47.7 cm³/mol. The quantitative estimate of drug-likeness (QED) is 0.500. The van der Waals surface area contributed by atoms with Crippen LogP contribution in [-0.2, 0) is 4.79 Å². The van der Waals surface area contributed by atoms with Gasteiger partial charge in [0.05, 0.1) is 6.04 Å². The van der Waals surface area contributed by atoms with E-state index in [1.165, 1.54) is 24.8 Å². The van der Waals surface area contributed by atoms with Crippen LogP contribution >= 0.6 is 0 Å². The maximum Gasteiger partial charge on any atom is 0.227 e. The third kappa shape index (κ3) is 1.26. The molecule has 0 aromatic rings. The maximum absolute atomic E-state index is 11.5. The maximum atomic E-state index is 11.5. The molecule has 1 atom stereocenters. The monoisotopic (exact) mass is 165 g/mol. The van der Waals surface area contributed by atoms with Gasteiger partial charge in [0, 0.05) is 13.0 Å². The SMILES string of the molecule is CC1=C[C@H]2CCCCN2C(=O)C1. The molecule has 1 fully saturated rings. The van der Waals surface area contributed by atoms with Gasteiger partial charge in [-0.3, -0.25) is 4.79 Å². The van der Waals surface area contributed by atoms with Crippen LogP contribution in [-0.4, -0.2) is 23.4 Å². The summed E-state index contributed by atoms with van der Waals surface area (Å²) in [6.45, 7) is 3.04. The Balaban J connectivity index is 2.19. The van der Waals surface area contributed by atoms with Gasteiger partial charge in [0.2, 0.25) is 5.91 Å². The van der Waals surface area contributed by atoms with E-state index in [1.54, 1.807) is 0 Å². The Kier molecular flexibility index (Phi) is 1.91. The zero-order valence-electron chi connectivity index (χ0n) is 7.55. The molecular formula is C10H15NO. The molecule has 0 bridgehead atoms. The van der Waals surface area contributed by atoms with Crippen LogP contribution < -0.4 is 0 Å². The fourth-order valence-electron chi connectivity index (χ4n) is 2.17. The molecule has 66 valence electrons. The molecule has 0 aromatic heterocycles. The van der Waals surface area contributed by atoms with Gasteiger partial charge < -0.3 is 4.90 Å². The molecule has 1 amide bonds.